The first-order valence-electron chi connectivity index (χ1n) is 13.3. The first-order valence-corrected chi connectivity index (χ1v) is 13.3. The maximum absolute atomic E-state index is 10.3. The van der Waals surface area contributed by atoms with Crippen molar-refractivity contribution < 1.29 is 4.57 Å². The van der Waals surface area contributed by atoms with E-state index in [1.54, 1.807) is 0 Å². The van der Waals surface area contributed by atoms with Crippen molar-refractivity contribution in [2.75, 3.05) is 0 Å². The van der Waals surface area contributed by atoms with Crippen molar-refractivity contribution in [3.05, 3.63) is 77.0 Å². The van der Waals surface area contributed by atoms with Gasteiger partial charge in [-0.3, -0.25) is 0 Å². The fourth-order valence-electron chi connectivity index (χ4n) is 6.18. The van der Waals surface area contributed by atoms with Crippen LogP contribution in [0.3, 0.4) is 0 Å². The molecule has 190 valence electrons. The summed E-state index contributed by atoms with van der Waals surface area (Å²) < 4.78 is 4.57. The van der Waals surface area contributed by atoms with E-state index in [2.05, 4.69) is 110 Å². The number of aromatic nitrogens is 5. The third-order valence-electron chi connectivity index (χ3n) is 8.15. The molecule has 3 aromatic carbocycles. The number of pyridine rings is 2. The Bertz CT molecular complexity index is 2210. The first-order chi connectivity index (χ1) is 18.6. The molecule has 6 heteroatoms. The summed E-state index contributed by atoms with van der Waals surface area (Å²) in [5.74, 6) is 2.17. The third kappa shape index (κ3) is 3.07. The first kappa shape index (κ1) is 23.5. The van der Waals surface area contributed by atoms with Gasteiger partial charge in [-0.1, -0.05) is 39.0 Å². The van der Waals surface area contributed by atoms with Crippen molar-refractivity contribution in [3.63, 3.8) is 0 Å². The Hall–Kier alpha value is -4.63. The van der Waals surface area contributed by atoms with E-state index in [0.717, 1.165) is 60.8 Å². The van der Waals surface area contributed by atoms with E-state index >= 15 is 0 Å². The van der Waals surface area contributed by atoms with Gasteiger partial charge in [0.2, 0.25) is 5.52 Å². The average Bonchev–Trinajstić information content (AvgIpc) is 3.24. The zero-order valence-corrected chi connectivity index (χ0v) is 23.3. The maximum Gasteiger partial charge on any atom is 0.224 e. The Morgan fingerprint density at radius 3 is 2.38 bits per heavy atom. The molecular weight excluding hydrogens is 480 g/mol. The molecule has 0 aliphatic rings. The van der Waals surface area contributed by atoms with Crippen molar-refractivity contribution in [3.8, 4) is 17.5 Å². The Balaban J connectivity index is 1.77. The number of hydrogen-bond donors (Lipinski definition) is 0. The summed E-state index contributed by atoms with van der Waals surface area (Å²) >= 11 is 0. The summed E-state index contributed by atoms with van der Waals surface area (Å²) in [4.78, 5) is 14.3. The lowest BCUT2D eigenvalue weighted by atomic mass is 9.92. The smallest absolute Gasteiger partial charge is 0.224 e. The normalized spacial score (nSPS) is 12.5. The molecule has 0 radical (unpaired) electrons. The zero-order valence-electron chi connectivity index (χ0n) is 23.3. The highest BCUT2D eigenvalue weighted by Gasteiger charge is 2.28. The highest BCUT2D eigenvalue weighted by molar-refractivity contribution is 6.27. The highest BCUT2D eigenvalue weighted by Crippen LogP contribution is 2.44. The van der Waals surface area contributed by atoms with Gasteiger partial charge in [-0.25, -0.2) is 19.5 Å². The lowest BCUT2D eigenvalue weighted by Gasteiger charge is -2.18. The summed E-state index contributed by atoms with van der Waals surface area (Å²) in [6.45, 7) is 12.5. The van der Waals surface area contributed by atoms with Gasteiger partial charge in [0, 0.05) is 27.8 Å². The number of nitrogens with zero attached hydrogens (tertiary/aromatic N) is 6. The molecule has 0 spiro atoms. The lowest BCUT2D eigenvalue weighted by Crippen LogP contribution is -2.29. The Kier molecular flexibility index (Phi) is 4.64. The second-order valence-electron chi connectivity index (χ2n) is 11.7. The van der Waals surface area contributed by atoms with Crippen LogP contribution in [0.4, 0.5) is 0 Å². The summed E-state index contributed by atoms with van der Waals surface area (Å²) in [6.07, 6.45) is 2.13. The van der Waals surface area contributed by atoms with Crippen LogP contribution in [-0.2, 0) is 12.5 Å². The molecule has 6 nitrogen and oxygen atoms in total. The van der Waals surface area contributed by atoms with Gasteiger partial charge in [-0.15, -0.1) is 0 Å². The molecule has 0 fully saturated rings. The number of rotatable bonds is 1. The van der Waals surface area contributed by atoms with Gasteiger partial charge in [-0.05, 0) is 55.5 Å². The van der Waals surface area contributed by atoms with Gasteiger partial charge in [0.1, 0.15) is 24.8 Å². The SMILES string of the molecule is Cc1nc(-c2cc3cc[n+](C)c4c5c(C)c(C)c(C#N)c6c7ccccc7n(c(c2)c34)c65)nc(C(C)(C)C)n1. The number of hydrogen-bond acceptors (Lipinski definition) is 4. The Morgan fingerprint density at radius 1 is 0.872 bits per heavy atom. The van der Waals surface area contributed by atoms with Crippen molar-refractivity contribution in [1.29, 1.82) is 5.26 Å². The second kappa shape index (κ2) is 7.70. The molecule has 0 amide bonds. The molecule has 0 bridgehead atoms. The van der Waals surface area contributed by atoms with Crippen molar-refractivity contribution in [1.82, 2.24) is 19.4 Å². The summed E-state index contributed by atoms with van der Waals surface area (Å²) in [7, 11) is 2.11. The minimum absolute atomic E-state index is 0.195. The van der Waals surface area contributed by atoms with E-state index in [-0.39, 0.29) is 5.41 Å². The van der Waals surface area contributed by atoms with Gasteiger partial charge in [0.05, 0.1) is 32.9 Å². The molecule has 0 saturated carbocycles. The van der Waals surface area contributed by atoms with Crippen molar-refractivity contribution in [2.24, 2.45) is 7.05 Å². The van der Waals surface area contributed by atoms with Crippen LogP contribution >= 0.6 is 0 Å². The lowest BCUT2D eigenvalue weighted by molar-refractivity contribution is -0.643. The van der Waals surface area contributed by atoms with Gasteiger partial charge >= 0.3 is 0 Å². The molecule has 0 aliphatic carbocycles. The second-order valence-corrected chi connectivity index (χ2v) is 11.7. The summed E-state index contributed by atoms with van der Waals surface area (Å²) in [6, 6.07) is 17.5. The predicted octanol–water partition coefficient (Wildman–Crippen LogP) is 6.76. The number of benzene rings is 3. The van der Waals surface area contributed by atoms with E-state index in [4.69, 9.17) is 9.97 Å². The van der Waals surface area contributed by atoms with E-state index in [1.165, 1.54) is 16.3 Å². The van der Waals surface area contributed by atoms with Gasteiger partial charge in [0.15, 0.2) is 12.0 Å². The predicted molar refractivity (Wildman–Crippen MR) is 156 cm³/mol. The van der Waals surface area contributed by atoms with E-state index in [1.807, 2.05) is 6.92 Å². The van der Waals surface area contributed by atoms with Gasteiger partial charge in [-0.2, -0.15) is 5.26 Å². The molecule has 0 atom stereocenters. The monoisotopic (exact) mass is 509 g/mol. The molecule has 0 N–H and O–H groups in total. The van der Waals surface area contributed by atoms with Crippen LogP contribution in [0.2, 0.25) is 0 Å². The Morgan fingerprint density at radius 2 is 1.64 bits per heavy atom. The van der Waals surface area contributed by atoms with Crippen LogP contribution in [0.15, 0.2) is 48.7 Å². The summed E-state index contributed by atoms with van der Waals surface area (Å²) in [5.41, 5.74) is 8.11. The molecule has 39 heavy (non-hydrogen) atoms. The van der Waals surface area contributed by atoms with Crippen LogP contribution in [0.25, 0.3) is 60.4 Å². The zero-order chi connectivity index (χ0) is 27.4. The minimum Gasteiger partial charge on any atom is -0.307 e. The van der Waals surface area contributed by atoms with E-state index < -0.39 is 0 Å². The van der Waals surface area contributed by atoms with Crippen molar-refractivity contribution >= 4 is 49.0 Å². The van der Waals surface area contributed by atoms with E-state index in [0.29, 0.717) is 11.6 Å². The molecule has 4 aromatic heterocycles. The van der Waals surface area contributed by atoms with Gasteiger partial charge < -0.3 is 4.40 Å². The molecule has 0 unspecified atom stereocenters. The molecule has 0 saturated heterocycles. The fraction of sp³-hybridized carbons (Fsp3) is 0.242. The fourth-order valence-corrected chi connectivity index (χ4v) is 6.18. The third-order valence-corrected chi connectivity index (χ3v) is 8.15. The minimum atomic E-state index is -0.195. The molecule has 0 aliphatic heterocycles. The van der Waals surface area contributed by atoms with Crippen molar-refractivity contribution in [2.45, 2.75) is 47.0 Å². The van der Waals surface area contributed by atoms with Crippen LogP contribution in [0.1, 0.15) is 49.1 Å². The number of fused-ring (bicyclic) bond motifs is 5. The summed E-state index contributed by atoms with van der Waals surface area (Å²) in [5, 5.41) is 15.9. The molecule has 7 rings (SSSR count). The number of para-hydroxylation sites is 1. The van der Waals surface area contributed by atoms with Crippen LogP contribution in [0.5, 0.6) is 0 Å². The Labute approximate surface area is 226 Å². The standard InChI is InChI=1S/C33H29N6/c1-17-18(2)26-29-27-20(12-13-38(29)7)14-21(31-35-19(3)36-32(37-31)33(4,5)6)15-25(27)39-24-11-9-8-10-22(24)28(30(26)39)23(17)16-34/h8-15H,1-7H3/q+1. The number of aryl methyl sites for hydroxylation is 3. The highest BCUT2D eigenvalue weighted by atomic mass is 15.0. The van der Waals surface area contributed by atoms with Crippen LogP contribution < -0.4 is 4.57 Å². The molecule has 7 aromatic rings. The van der Waals surface area contributed by atoms with Gasteiger partial charge in [0.25, 0.3) is 0 Å². The maximum atomic E-state index is 10.3. The average molecular weight is 510 g/mol. The van der Waals surface area contributed by atoms with Crippen LogP contribution in [-0.4, -0.2) is 19.4 Å². The molecular formula is C33H29N6+. The quantitative estimate of drug-likeness (QED) is 0.139. The molecule has 4 heterocycles. The largest absolute Gasteiger partial charge is 0.307 e. The number of nitriles is 1. The van der Waals surface area contributed by atoms with E-state index in [9.17, 15) is 5.26 Å². The topological polar surface area (TPSA) is 70.8 Å². The van der Waals surface area contributed by atoms with Crippen LogP contribution in [0, 0.1) is 32.1 Å².